The minimum absolute atomic E-state index is 0.0868. The van der Waals surface area contributed by atoms with Crippen molar-refractivity contribution in [3.8, 4) is 17.1 Å². The molecule has 0 radical (unpaired) electrons. The van der Waals surface area contributed by atoms with E-state index in [4.69, 9.17) is 4.74 Å². The van der Waals surface area contributed by atoms with Crippen LogP contribution in [0.1, 0.15) is 69.4 Å². The molecule has 0 spiro atoms. The fourth-order valence-electron chi connectivity index (χ4n) is 5.76. The van der Waals surface area contributed by atoms with Crippen LogP contribution in [0, 0.1) is 5.82 Å². The summed E-state index contributed by atoms with van der Waals surface area (Å²) >= 11 is 0. The highest BCUT2D eigenvalue weighted by molar-refractivity contribution is 5.89. The maximum absolute atomic E-state index is 14.3. The minimum Gasteiger partial charge on any atom is -0.497 e. The first-order chi connectivity index (χ1) is 19.0. The van der Waals surface area contributed by atoms with Crippen LogP contribution in [0.5, 0.6) is 5.75 Å². The van der Waals surface area contributed by atoms with E-state index in [0.717, 1.165) is 56.9 Å². The van der Waals surface area contributed by atoms with Crippen LogP contribution < -0.4 is 10.1 Å². The van der Waals surface area contributed by atoms with Gasteiger partial charge >= 0.3 is 0 Å². The Morgan fingerprint density at radius 3 is 2.41 bits per heavy atom. The van der Waals surface area contributed by atoms with Crippen molar-refractivity contribution in [2.24, 2.45) is 0 Å². The monoisotopic (exact) mass is 534 g/mol. The second kappa shape index (κ2) is 12.4. The van der Waals surface area contributed by atoms with Gasteiger partial charge in [0, 0.05) is 12.1 Å². The summed E-state index contributed by atoms with van der Waals surface area (Å²) in [7, 11) is 1.59. The summed E-state index contributed by atoms with van der Waals surface area (Å²) in [6.45, 7) is -0.207. The Labute approximate surface area is 227 Å². The molecule has 0 bridgehead atoms. The zero-order valence-corrected chi connectivity index (χ0v) is 22.3. The van der Waals surface area contributed by atoms with Crippen molar-refractivity contribution in [3.63, 3.8) is 0 Å². The van der Waals surface area contributed by atoms with Gasteiger partial charge in [0.15, 0.2) is 0 Å². The molecule has 2 aliphatic carbocycles. The number of methoxy groups -OCH3 is 1. The van der Waals surface area contributed by atoms with E-state index in [1.807, 2.05) is 24.3 Å². The SMILES string of the molecule is COc1ccc([C@@H](C(=O)NC2CCCCC2)N(C(=O)Cn2nnc(-c3ccccc3F)n2)C2CCCC2)cc1. The smallest absolute Gasteiger partial charge is 0.247 e. The van der Waals surface area contributed by atoms with Gasteiger partial charge in [-0.3, -0.25) is 9.59 Å². The molecule has 2 fully saturated rings. The molecule has 1 N–H and O–H groups in total. The van der Waals surface area contributed by atoms with Gasteiger partial charge in [-0.1, -0.05) is 56.4 Å². The van der Waals surface area contributed by atoms with Crippen LogP contribution in [0.3, 0.4) is 0 Å². The molecule has 1 atom stereocenters. The van der Waals surface area contributed by atoms with Gasteiger partial charge in [-0.2, -0.15) is 4.80 Å². The predicted molar refractivity (Wildman–Crippen MR) is 143 cm³/mol. The first-order valence-corrected chi connectivity index (χ1v) is 13.8. The Hall–Kier alpha value is -3.82. The highest BCUT2D eigenvalue weighted by atomic mass is 19.1. The van der Waals surface area contributed by atoms with Gasteiger partial charge in [-0.05, 0) is 60.7 Å². The summed E-state index contributed by atoms with van der Waals surface area (Å²) < 4.78 is 19.6. The first-order valence-electron chi connectivity index (χ1n) is 13.8. The molecule has 0 aliphatic heterocycles. The molecule has 39 heavy (non-hydrogen) atoms. The predicted octanol–water partition coefficient (Wildman–Crippen LogP) is 4.45. The standard InChI is InChI=1S/C29H35FN6O3/c1-39-23-17-15-20(16-18-23)27(29(38)31-21-9-3-2-4-10-21)36(22-11-5-6-12-22)26(37)19-35-33-28(32-34-35)24-13-7-8-14-25(24)30/h7-8,13-18,21-22,27H,2-6,9-12,19H2,1H3,(H,31,38)/t27-/m0/s1. The lowest BCUT2D eigenvalue weighted by Crippen LogP contribution is -2.51. The second-order valence-electron chi connectivity index (χ2n) is 10.4. The Balaban J connectivity index is 1.44. The van der Waals surface area contributed by atoms with Crippen molar-refractivity contribution in [3.05, 3.63) is 59.9 Å². The second-order valence-corrected chi connectivity index (χ2v) is 10.4. The minimum atomic E-state index is -0.803. The lowest BCUT2D eigenvalue weighted by atomic mass is 9.94. The molecule has 1 aromatic heterocycles. The van der Waals surface area contributed by atoms with Crippen LogP contribution in [-0.4, -0.2) is 56.1 Å². The van der Waals surface area contributed by atoms with E-state index in [1.54, 1.807) is 30.2 Å². The summed E-state index contributed by atoms with van der Waals surface area (Å²) in [4.78, 5) is 30.8. The Morgan fingerprint density at radius 2 is 1.72 bits per heavy atom. The maximum atomic E-state index is 14.3. The van der Waals surface area contributed by atoms with Crippen molar-refractivity contribution in [1.29, 1.82) is 0 Å². The van der Waals surface area contributed by atoms with E-state index in [9.17, 15) is 14.0 Å². The van der Waals surface area contributed by atoms with E-state index in [2.05, 4.69) is 20.7 Å². The molecular weight excluding hydrogens is 499 g/mol. The highest BCUT2D eigenvalue weighted by Crippen LogP contribution is 2.33. The fraction of sp³-hybridized carbons (Fsp3) is 0.483. The third-order valence-electron chi connectivity index (χ3n) is 7.76. The molecule has 2 aromatic carbocycles. The lowest BCUT2D eigenvalue weighted by Gasteiger charge is -2.37. The molecule has 2 aliphatic rings. The van der Waals surface area contributed by atoms with Crippen molar-refractivity contribution >= 4 is 11.8 Å². The number of tetrazole rings is 1. The summed E-state index contributed by atoms with van der Waals surface area (Å²) in [6.07, 6.45) is 8.87. The maximum Gasteiger partial charge on any atom is 0.247 e. The molecule has 0 unspecified atom stereocenters. The van der Waals surface area contributed by atoms with E-state index in [1.165, 1.54) is 17.3 Å². The summed E-state index contributed by atoms with van der Waals surface area (Å²) in [5.74, 6) is -0.133. The van der Waals surface area contributed by atoms with Crippen LogP contribution >= 0.6 is 0 Å². The van der Waals surface area contributed by atoms with Gasteiger partial charge in [0.05, 0.1) is 12.7 Å². The van der Waals surface area contributed by atoms with Gasteiger partial charge in [0.1, 0.15) is 24.2 Å². The summed E-state index contributed by atoms with van der Waals surface area (Å²) in [5.41, 5.74) is 0.940. The van der Waals surface area contributed by atoms with Crippen molar-refractivity contribution in [2.75, 3.05) is 7.11 Å². The van der Waals surface area contributed by atoms with Gasteiger partial charge in [0.25, 0.3) is 0 Å². The van der Waals surface area contributed by atoms with Gasteiger partial charge in [-0.15, -0.1) is 10.2 Å². The van der Waals surface area contributed by atoms with Crippen LogP contribution in [-0.2, 0) is 16.1 Å². The van der Waals surface area contributed by atoms with Crippen molar-refractivity contribution in [1.82, 2.24) is 30.4 Å². The molecule has 0 saturated heterocycles. The molecule has 3 aromatic rings. The molecule has 2 amide bonds. The van der Waals surface area contributed by atoms with E-state index < -0.39 is 11.9 Å². The Bertz CT molecular complexity index is 1270. The quantitative estimate of drug-likeness (QED) is 0.435. The zero-order valence-electron chi connectivity index (χ0n) is 22.3. The normalized spacial score (nSPS) is 17.1. The molecule has 5 rings (SSSR count). The molecule has 2 saturated carbocycles. The average Bonchev–Trinajstić information content (AvgIpc) is 3.65. The largest absolute Gasteiger partial charge is 0.497 e. The topological polar surface area (TPSA) is 102 Å². The number of hydrogen-bond acceptors (Lipinski definition) is 6. The number of carbonyl (C=O) groups is 2. The number of nitrogens with zero attached hydrogens (tertiary/aromatic N) is 5. The number of ether oxygens (including phenoxy) is 1. The highest BCUT2D eigenvalue weighted by Gasteiger charge is 2.38. The van der Waals surface area contributed by atoms with Gasteiger partial charge < -0.3 is 15.0 Å². The van der Waals surface area contributed by atoms with E-state index in [-0.39, 0.29) is 41.8 Å². The lowest BCUT2D eigenvalue weighted by molar-refractivity contribution is -0.144. The average molecular weight is 535 g/mol. The van der Waals surface area contributed by atoms with E-state index >= 15 is 0 Å². The number of amides is 2. The molecule has 10 heteroatoms. The number of aromatic nitrogens is 4. The third-order valence-corrected chi connectivity index (χ3v) is 7.76. The Kier molecular flexibility index (Phi) is 8.48. The number of benzene rings is 2. The van der Waals surface area contributed by atoms with Crippen LogP contribution in [0.15, 0.2) is 48.5 Å². The Morgan fingerprint density at radius 1 is 1.03 bits per heavy atom. The number of hydrogen-bond donors (Lipinski definition) is 1. The van der Waals surface area contributed by atoms with Crippen molar-refractivity contribution < 1.29 is 18.7 Å². The summed E-state index contributed by atoms with van der Waals surface area (Å²) in [6, 6.07) is 12.7. The number of carbonyl (C=O) groups excluding carboxylic acids is 2. The first kappa shape index (κ1) is 26.8. The van der Waals surface area contributed by atoms with Crippen LogP contribution in [0.4, 0.5) is 4.39 Å². The number of halogens is 1. The van der Waals surface area contributed by atoms with Crippen LogP contribution in [0.2, 0.25) is 0 Å². The van der Waals surface area contributed by atoms with Gasteiger partial charge in [-0.25, -0.2) is 4.39 Å². The number of nitrogens with one attached hydrogen (secondary N) is 1. The fourth-order valence-corrected chi connectivity index (χ4v) is 5.76. The van der Waals surface area contributed by atoms with E-state index in [0.29, 0.717) is 5.75 Å². The molecule has 1 heterocycles. The zero-order chi connectivity index (χ0) is 27.2. The molecule has 9 nitrogen and oxygen atoms in total. The van der Waals surface area contributed by atoms with Crippen LogP contribution in [0.25, 0.3) is 11.4 Å². The molecular formula is C29H35FN6O3. The van der Waals surface area contributed by atoms with Crippen molar-refractivity contribution in [2.45, 2.75) is 82.5 Å². The van der Waals surface area contributed by atoms with Gasteiger partial charge in [0.2, 0.25) is 17.6 Å². The summed E-state index contributed by atoms with van der Waals surface area (Å²) in [5, 5.41) is 15.5. The third kappa shape index (κ3) is 6.26. The molecule has 206 valence electrons. The number of rotatable bonds is 9.